The summed E-state index contributed by atoms with van der Waals surface area (Å²) in [6.45, 7) is 4.20. The zero-order valence-electron chi connectivity index (χ0n) is 11.9. The van der Waals surface area contributed by atoms with Gasteiger partial charge in [-0.25, -0.2) is 22.7 Å². The fraction of sp³-hybridized carbons (Fsp3) is 0.692. The van der Waals surface area contributed by atoms with Crippen LogP contribution in [0.3, 0.4) is 0 Å². The lowest BCUT2D eigenvalue weighted by atomic mass is 10.0. The van der Waals surface area contributed by atoms with Gasteiger partial charge >= 0.3 is 0 Å². The minimum atomic E-state index is -3.04. The summed E-state index contributed by atoms with van der Waals surface area (Å²) in [7, 11) is -1.35. The zero-order chi connectivity index (χ0) is 14.3. The predicted molar refractivity (Wildman–Crippen MR) is 77.0 cm³/mol. The summed E-state index contributed by atoms with van der Waals surface area (Å²) in [6.07, 6.45) is 3.40. The summed E-state index contributed by atoms with van der Waals surface area (Å²) in [6, 6.07) is 1.87. The summed E-state index contributed by atoms with van der Waals surface area (Å²) in [5, 5.41) is -0.121. The van der Waals surface area contributed by atoms with E-state index in [1.807, 2.05) is 13.0 Å². The Bertz CT molecular complexity index is 594. The standard InChI is InChI=1S/C13H20N4O2S/c1-10-5-6-14-13(15-10)17-8-11(9-17)7-16(2)20(18,19)12-3-4-12/h5-6,11-12H,3-4,7-9H2,1-2H3. The number of hydrogen-bond donors (Lipinski definition) is 0. The van der Waals surface area contributed by atoms with Gasteiger partial charge in [0.15, 0.2) is 0 Å². The lowest BCUT2D eigenvalue weighted by Gasteiger charge is -2.40. The molecule has 3 rings (SSSR count). The predicted octanol–water partition coefficient (Wildman–Crippen LogP) is 0.645. The van der Waals surface area contributed by atoms with E-state index in [0.717, 1.165) is 37.6 Å². The molecule has 0 amide bonds. The molecule has 110 valence electrons. The highest BCUT2D eigenvalue weighted by Crippen LogP contribution is 2.31. The Morgan fingerprint density at radius 3 is 2.70 bits per heavy atom. The maximum atomic E-state index is 12.1. The molecule has 2 aliphatic rings. The number of rotatable bonds is 5. The summed E-state index contributed by atoms with van der Waals surface area (Å²) in [4.78, 5) is 10.7. The van der Waals surface area contributed by atoms with Gasteiger partial charge in [0.1, 0.15) is 0 Å². The van der Waals surface area contributed by atoms with Gasteiger partial charge in [0, 0.05) is 44.5 Å². The molecule has 2 heterocycles. The van der Waals surface area contributed by atoms with Crippen molar-refractivity contribution in [1.82, 2.24) is 14.3 Å². The second-order valence-corrected chi connectivity index (χ2v) is 8.11. The molecule has 0 atom stereocenters. The van der Waals surface area contributed by atoms with Crippen LogP contribution in [0.2, 0.25) is 0 Å². The molecular formula is C13H20N4O2S. The Morgan fingerprint density at radius 1 is 1.40 bits per heavy atom. The van der Waals surface area contributed by atoms with Gasteiger partial charge in [-0.15, -0.1) is 0 Å². The van der Waals surface area contributed by atoms with Gasteiger partial charge in [0.25, 0.3) is 0 Å². The van der Waals surface area contributed by atoms with Gasteiger partial charge in [-0.2, -0.15) is 0 Å². The molecule has 0 unspecified atom stereocenters. The summed E-state index contributed by atoms with van der Waals surface area (Å²) < 4.78 is 25.6. The Labute approximate surface area is 119 Å². The second kappa shape index (κ2) is 4.96. The van der Waals surface area contributed by atoms with E-state index in [9.17, 15) is 8.42 Å². The molecule has 0 N–H and O–H groups in total. The smallest absolute Gasteiger partial charge is 0.225 e. The molecule has 1 aliphatic heterocycles. The van der Waals surface area contributed by atoms with Gasteiger partial charge in [-0.3, -0.25) is 0 Å². The largest absolute Gasteiger partial charge is 0.340 e. The monoisotopic (exact) mass is 296 g/mol. The molecule has 0 radical (unpaired) electrons. The summed E-state index contributed by atoms with van der Waals surface area (Å²) in [5.41, 5.74) is 0.951. The van der Waals surface area contributed by atoms with Crippen LogP contribution in [0.5, 0.6) is 0 Å². The van der Waals surface area contributed by atoms with E-state index < -0.39 is 10.0 Å². The third kappa shape index (κ3) is 2.64. The van der Waals surface area contributed by atoms with Gasteiger partial charge < -0.3 is 4.90 Å². The van der Waals surface area contributed by atoms with Gasteiger partial charge in [0.2, 0.25) is 16.0 Å². The normalized spacial score (nSPS) is 20.2. The van der Waals surface area contributed by atoms with E-state index >= 15 is 0 Å². The molecule has 2 fully saturated rings. The van der Waals surface area contributed by atoms with Crippen LogP contribution in [-0.4, -0.2) is 54.6 Å². The second-order valence-electron chi connectivity index (χ2n) is 5.79. The highest BCUT2D eigenvalue weighted by atomic mass is 32.2. The van der Waals surface area contributed by atoms with Crippen molar-refractivity contribution in [2.45, 2.75) is 25.0 Å². The third-order valence-electron chi connectivity index (χ3n) is 3.92. The zero-order valence-corrected chi connectivity index (χ0v) is 12.7. The summed E-state index contributed by atoms with van der Waals surface area (Å²) in [5.74, 6) is 1.12. The topological polar surface area (TPSA) is 66.4 Å². The van der Waals surface area contributed by atoms with Crippen LogP contribution in [0.15, 0.2) is 12.3 Å². The molecule has 1 aromatic heterocycles. The quantitative estimate of drug-likeness (QED) is 0.798. The van der Waals surface area contributed by atoms with E-state index in [1.165, 1.54) is 4.31 Å². The first kappa shape index (κ1) is 13.8. The highest BCUT2D eigenvalue weighted by molar-refractivity contribution is 7.90. The van der Waals surface area contributed by atoms with Crippen LogP contribution in [0.4, 0.5) is 5.95 Å². The van der Waals surface area contributed by atoms with Gasteiger partial charge in [-0.05, 0) is 25.8 Å². The average Bonchev–Trinajstić information content (AvgIpc) is 3.17. The van der Waals surface area contributed by atoms with Crippen molar-refractivity contribution in [3.8, 4) is 0 Å². The fourth-order valence-electron chi connectivity index (χ4n) is 2.52. The molecule has 6 nitrogen and oxygen atoms in total. The maximum absolute atomic E-state index is 12.1. The van der Waals surface area contributed by atoms with Crippen LogP contribution in [0, 0.1) is 12.8 Å². The van der Waals surface area contributed by atoms with Crippen molar-refractivity contribution in [2.75, 3.05) is 31.6 Å². The van der Waals surface area contributed by atoms with Crippen molar-refractivity contribution in [2.24, 2.45) is 5.92 Å². The SMILES string of the molecule is Cc1ccnc(N2CC(CN(C)S(=O)(=O)C3CC3)C2)n1. The number of aromatic nitrogens is 2. The van der Waals surface area contributed by atoms with E-state index in [0.29, 0.717) is 12.5 Å². The summed E-state index contributed by atoms with van der Waals surface area (Å²) >= 11 is 0. The van der Waals surface area contributed by atoms with Crippen LogP contribution >= 0.6 is 0 Å². The fourth-order valence-corrected chi connectivity index (χ4v) is 4.18. The van der Waals surface area contributed by atoms with Crippen LogP contribution in [0.1, 0.15) is 18.5 Å². The van der Waals surface area contributed by atoms with Crippen molar-refractivity contribution in [3.05, 3.63) is 18.0 Å². The van der Waals surface area contributed by atoms with Crippen molar-refractivity contribution >= 4 is 16.0 Å². The van der Waals surface area contributed by atoms with Crippen LogP contribution in [-0.2, 0) is 10.0 Å². The molecule has 0 aromatic carbocycles. The Morgan fingerprint density at radius 2 is 2.10 bits per heavy atom. The molecule has 1 aliphatic carbocycles. The highest BCUT2D eigenvalue weighted by Gasteiger charge is 2.40. The molecule has 1 aromatic rings. The molecule has 0 spiro atoms. The number of hydrogen-bond acceptors (Lipinski definition) is 5. The van der Waals surface area contributed by atoms with Gasteiger partial charge in [-0.1, -0.05) is 0 Å². The van der Waals surface area contributed by atoms with E-state index in [4.69, 9.17) is 0 Å². The van der Waals surface area contributed by atoms with Crippen LogP contribution < -0.4 is 4.90 Å². The number of anilines is 1. The molecule has 7 heteroatoms. The number of sulfonamides is 1. The van der Waals surface area contributed by atoms with Crippen molar-refractivity contribution in [3.63, 3.8) is 0 Å². The third-order valence-corrected chi connectivity index (χ3v) is 6.25. The molecular weight excluding hydrogens is 276 g/mol. The first-order chi connectivity index (χ1) is 9.46. The number of nitrogens with zero attached hydrogens (tertiary/aromatic N) is 4. The van der Waals surface area contributed by atoms with E-state index in [-0.39, 0.29) is 5.25 Å². The minimum Gasteiger partial charge on any atom is -0.340 e. The first-order valence-corrected chi connectivity index (χ1v) is 8.47. The van der Waals surface area contributed by atoms with E-state index in [2.05, 4.69) is 14.9 Å². The lowest BCUT2D eigenvalue weighted by molar-refractivity contribution is 0.324. The Balaban J connectivity index is 1.53. The van der Waals surface area contributed by atoms with Gasteiger partial charge in [0.05, 0.1) is 5.25 Å². The molecule has 1 saturated carbocycles. The molecule has 1 saturated heterocycles. The Hall–Kier alpha value is -1.21. The van der Waals surface area contributed by atoms with E-state index in [1.54, 1.807) is 13.2 Å². The maximum Gasteiger partial charge on any atom is 0.225 e. The molecule has 20 heavy (non-hydrogen) atoms. The number of aryl methyl sites for hydroxylation is 1. The lowest BCUT2D eigenvalue weighted by Crippen LogP contribution is -2.52. The minimum absolute atomic E-state index is 0.121. The molecule has 0 bridgehead atoms. The Kier molecular flexibility index (Phi) is 3.41. The van der Waals surface area contributed by atoms with Crippen LogP contribution in [0.25, 0.3) is 0 Å². The van der Waals surface area contributed by atoms with Crippen molar-refractivity contribution in [1.29, 1.82) is 0 Å². The average molecular weight is 296 g/mol. The van der Waals surface area contributed by atoms with Crippen molar-refractivity contribution < 1.29 is 8.42 Å². The first-order valence-electron chi connectivity index (χ1n) is 6.96.